The van der Waals surface area contributed by atoms with Crippen molar-refractivity contribution in [1.29, 1.82) is 0 Å². The van der Waals surface area contributed by atoms with Gasteiger partial charge in [0.1, 0.15) is 0 Å². The number of halogens is 1. The Hall–Kier alpha value is -0.530. The zero-order valence-corrected chi connectivity index (χ0v) is 10.8. The summed E-state index contributed by atoms with van der Waals surface area (Å²) < 4.78 is 0. The minimum Gasteiger partial charge on any atom is -0.316 e. The Morgan fingerprint density at radius 2 is 2.06 bits per heavy atom. The molecule has 2 heteroatoms. The van der Waals surface area contributed by atoms with Crippen molar-refractivity contribution >= 4 is 11.6 Å². The Labute approximate surface area is 103 Å². The monoisotopic (exact) mass is 237 g/mol. The highest BCUT2D eigenvalue weighted by Gasteiger charge is 2.29. The lowest BCUT2D eigenvalue weighted by Gasteiger charge is -2.28. The van der Waals surface area contributed by atoms with E-state index in [1.807, 2.05) is 12.1 Å². The molecule has 0 aliphatic carbocycles. The van der Waals surface area contributed by atoms with E-state index in [1.54, 1.807) is 0 Å². The summed E-state index contributed by atoms with van der Waals surface area (Å²) >= 11 is 6.32. The topological polar surface area (TPSA) is 12.0 Å². The van der Waals surface area contributed by atoms with E-state index in [4.69, 9.17) is 11.6 Å². The molecule has 16 heavy (non-hydrogen) atoms. The van der Waals surface area contributed by atoms with Crippen LogP contribution in [-0.4, -0.2) is 13.1 Å². The molecule has 1 aliphatic rings. The SMILES string of the molecule is CC(C)C(c1ccccc1Cl)C1CCNC1. The normalized spacial score (nSPS) is 22.6. The number of hydrogen-bond donors (Lipinski definition) is 1. The molecule has 1 aliphatic heterocycles. The zero-order valence-electron chi connectivity index (χ0n) is 10.0. The molecule has 2 atom stereocenters. The van der Waals surface area contributed by atoms with Gasteiger partial charge in [0.2, 0.25) is 0 Å². The van der Waals surface area contributed by atoms with Gasteiger partial charge in [-0.25, -0.2) is 0 Å². The molecular weight excluding hydrogens is 218 g/mol. The summed E-state index contributed by atoms with van der Waals surface area (Å²) in [4.78, 5) is 0. The van der Waals surface area contributed by atoms with E-state index in [0.717, 1.165) is 24.0 Å². The first-order valence-corrected chi connectivity index (χ1v) is 6.53. The fraction of sp³-hybridized carbons (Fsp3) is 0.571. The van der Waals surface area contributed by atoms with Crippen molar-refractivity contribution in [3.63, 3.8) is 0 Å². The van der Waals surface area contributed by atoms with Gasteiger partial charge in [0.15, 0.2) is 0 Å². The van der Waals surface area contributed by atoms with Crippen molar-refractivity contribution in [2.45, 2.75) is 26.2 Å². The van der Waals surface area contributed by atoms with E-state index < -0.39 is 0 Å². The van der Waals surface area contributed by atoms with E-state index in [9.17, 15) is 0 Å². The minimum atomic E-state index is 0.587. The summed E-state index contributed by atoms with van der Waals surface area (Å²) in [6.45, 7) is 6.88. The lowest BCUT2D eigenvalue weighted by atomic mass is 9.78. The van der Waals surface area contributed by atoms with Crippen LogP contribution in [0.5, 0.6) is 0 Å². The van der Waals surface area contributed by atoms with Crippen LogP contribution in [-0.2, 0) is 0 Å². The van der Waals surface area contributed by atoms with Crippen molar-refractivity contribution in [3.05, 3.63) is 34.9 Å². The summed E-state index contributed by atoms with van der Waals surface area (Å²) in [7, 11) is 0. The lowest BCUT2D eigenvalue weighted by molar-refractivity contribution is 0.363. The third-order valence-electron chi connectivity index (χ3n) is 3.59. The van der Waals surface area contributed by atoms with Gasteiger partial charge < -0.3 is 5.32 Å². The summed E-state index contributed by atoms with van der Waals surface area (Å²) in [6, 6.07) is 8.30. The Bertz CT molecular complexity index is 342. The van der Waals surface area contributed by atoms with E-state index in [2.05, 4.69) is 31.3 Å². The van der Waals surface area contributed by atoms with Crippen LogP contribution in [0.15, 0.2) is 24.3 Å². The highest BCUT2D eigenvalue weighted by molar-refractivity contribution is 6.31. The van der Waals surface area contributed by atoms with Gasteiger partial charge in [-0.3, -0.25) is 0 Å². The van der Waals surface area contributed by atoms with E-state index in [-0.39, 0.29) is 0 Å². The summed E-state index contributed by atoms with van der Waals surface area (Å²) in [5.74, 6) is 1.97. The van der Waals surface area contributed by atoms with E-state index in [0.29, 0.717) is 11.8 Å². The highest BCUT2D eigenvalue weighted by Crippen LogP contribution is 2.38. The fourth-order valence-corrected chi connectivity index (χ4v) is 3.15. The number of hydrogen-bond acceptors (Lipinski definition) is 1. The van der Waals surface area contributed by atoms with E-state index >= 15 is 0 Å². The molecule has 0 aromatic heterocycles. The van der Waals surface area contributed by atoms with Crippen LogP contribution in [0.25, 0.3) is 0 Å². The van der Waals surface area contributed by atoms with Crippen molar-refractivity contribution in [2.24, 2.45) is 11.8 Å². The largest absolute Gasteiger partial charge is 0.316 e. The van der Waals surface area contributed by atoms with Gasteiger partial charge >= 0.3 is 0 Å². The molecule has 88 valence electrons. The second-order valence-electron chi connectivity index (χ2n) is 5.04. The molecule has 1 nitrogen and oxygen atoms in total. The quantitative estimate of drug-likeness (QED) is 0.846. The standard InChI is InChI=1S/C14H20ClN/c1-10(2)14(11-7-8-16-9-11)12-5-3-4-6-13(12)15/h3-6,10-11,14,16H,7-9H2,1-2H3. The van der Waals surface area contributed by atoms with Gasteiger partial charge in [-0.2, -0.15) is 0 Å². The van der Waals surface area contributed by atoms with E-state index in [1.165, 1.54) is 12.0 Å². The summed E-state index contributed by atoms with van der Waals surface area (Å²) in [5, 5.41) is 4.38. The molecule has 0 saturated carbocycles. The van der Waals surface area contributed by atoms with Crippen molar-refractivity contribution in [3.8, 4) is 0 Å². The molecule has 0 spiro atoms. The maximum atomic E-state index is 6.32. The lowest BCUT2D eigenvalue weighted by Crippen LogP contribution is -2.21. The van der Waals surface area contributed by atoms with Gasteiger partial charge in [0.25, 0.3) is 0 Å². The van der Waals surface area contributed by atoms with Crippen molar-refractivity contribution in [2.75, 3.05) is 13.1 Å². The second-order valence-corrected chi connectivity index (χ2v) is 5.45. The number of benzene rings is 1. The molecule has 2 unspecified atom stereocenters. The van der Waals surface area contributed by atoms with Crippen LogP contribution in [0.1, 0.15) is 31.7 Å². The molecule has 1 fully saturated rings. The Kier molecular flexibility index (Phi) is 3.88. The van der Waals surface area contributed by atoms with Gasteiger partial charge in [-0.05, 0) is 48.9 Å². The van der Waals surface area contributed by atoms with Crippen LogP contribution in [0.3, 0.4) is 0 Å². The molecule has 0 amide bonds. The first-order valence-electron chi connectivity index (χ1n) is 6.15. The predicted molar refractivity (Wildman–Crippen MR) is 70.0 cm³/mol. The Morgan fingerprint density at radius 1 is 1.31 bits per heavy atom. The molecule has 0 bridgehead atoms. The van der Waals surface area contributed by atoms with Crippen LogP contribution in [0.2, 0.25) is 5.02 Å². The average molecular weight is 238 g/mol. The molecule has 0 radical (unpaired) electrons. The fourth-order valence-electron chi connectivity index (χ4n) is 2.89. The molecule has 1 aromatic carbocycles. The van der Waals surface area contributed by atoms with Gasteiger partial charge in [-0.15, -0.1) is 0 Å². The molecule has 1 aromatic rings. The number of rotatable bonds is 3. The zero-order chi connectivity index (χ0) is 11.5. The Morgan fingerprint density at radius 3 is 2.62 bits per heavy atom. The molecule has 1 saturated heterocycles. The third kappa shape index (κ3) is 2.41. The highest BCUT2D eigenvalue weighted by atomic mass is 35.5. The minimum absolute atomic E-state index is 0.587. The summed E-state index contributed by atoms with van der Waals surface area (Å²) in [5.41, 5.74) is 1.33. The van der Waals surface area contributed by atoms with Crippen molar-refractivity contribution in [1.82, 2.24) is 5.32 Å². The first-order chi connectivity index (χ1) is 7.70. The molecule has 1 heterocycles. The van der Waals surface area contributed by atoms with Gasteiger partial charge in [-0.1, -0.05) is 43.6 Å². The van der Waals surface area contributed by atoms with Crippen LogP contribution in [0, 0.1) is 11.8 Å². The third-order valence-corrected chi connectivity index (χ3v) is 3.93. The van der Waals surface area contributed by atoms with Crippen LogP contribution >= 0.6 is 11.6 Å². The number of nitrogens with one attached hydrogen (secondary N) is 1. The van der Waals surface area contributed by atoms with Crippen LogP contribution < -0.4 is 5.32 Å². The summed E-state index contributed by atoms with van der Waals surface area (Å²) in [6.07, 6.45) is 1.27. The van der Waals surface area contributed by atoms with Gasteiger partial charge in [0, 0.05) is 5.02 Å². The van der Waals surface area contributed by atoms with Crippen LogP contribution in [0.4, 0.5) is 0 Å². The van der Waals surface area contributed by atoms with Crippen molar-refractivity contribution < 1.29 is 0 Å². The molecular formula is C14H20ClN. The molecule has 2 rings (SSSR count). The smallest absolute Gasteiger partial charge is 0.0441 e. The maximum Gasteiger partial charge on any atom is 0.0441 e. The second kappa shape index (κ2) is 5.20. The molecule has 1 N–H and O–H groups in total. The predicted octanol–water partition coefficient (Wildman–Crippen LogP) is 3.69. The Balaban J connectivity index is 2.28. The van der Waals surface area contributed by atoms with Gasteiger partial charge in [0.05, 0.1) is 0 Å². The first kappa shape index (κ1) is 11.9. The maximum absolute atomic E-state index is 6.32. The average Bonchev–Trinajstić information content (AvgIpc) is 2.74.